The fourth-order valence-electron chi connectivity index (χ4n) is 5.94. The van der Waals surface area contributed by atoms with Crippen molar-refractivity contribution in [2.24, 2.45) is 0 Å². The molecule has 212 valence electrons. The van der Waals surface area contributed by atoms with Crippen LogP contribution in [-0.2, 0) is 24.2 Å². The number of rotatable bonds is 4. The summed E-state index contributed by atoms with van der Waals surface area (Å²) in [6.07, 6.45) is 0.638. The maximum atomic E-state index is 13.0. The molecule has 1 aromatic heterocycles. The first-order valence-electron chi connectivity index (χ1n) is 14.5. The van der Waals surface area contributed by atoms with E-state index in [1.807, 2.05) is 25.7 Å². The number of hydrogen-bond donors (Lipinski definition) is 0. The SMILES string of the molecule is Cc1cccc(C)c1-c1nc2c(c(N3C[C@H](C)N(C(=O)OC(C)(C)C)C[C@H]3C)n1)CN(Cc1ccccc1)CC2. The number of fused-ring (bicyclic) bond motifs is 1. The minimum absolute atomic E-state index is 0.00988. The van der Waals surface area contributed by atoms with Gasteiger partial charge in [0, 0.05) is 62.4 Å². The smallest absolute Gasteiger partial charge is 0.410 e. The van der Waals surface area contributed by atoms with Crippen LogP contribution in [0.25, 0.3) is 11.4 Å². The Morgan fingerprint density at radius 2 is 1.65 bits per heavy atom. The zero-order valence-corrected chi connectivity index (χ0v) is 25.1. The van der Waals surface area contributed by atoms with Crippen molar-refractivity contribution in [1.29, 1.82) is 0 Å². The normalized spacial score (nSPS) is 19.9. The number of aromatic nitrogens is 2. The molecule has 2 aliphatic rings. The van der Waals surface area contributed by atoms with E-state index in [0.717, 1.165) is 49.0 Å². The largest absolute Gasteiger partial charge is 0.444 e. The van der Waals surface area contributed by atoms with Gasteiger partial charge in [-0.2, -0.15) is 0 Å². The van der Waals surface area contributed by atoms with Crippen LogP contribution in [0.1, 0.15) is 62.6 Å². The number of nitrogens with zero attached hydrogens (tertiary/aromatic N) is 5. The predicted molar refractivity (Wildman–Crippen MR) is 160 cm³/mol. The molecule has 2 aromatic carbocycles. The van der Waals surface area contributed by atoms with E-state index in [4.69, 9.17) is 14.7 Å². The van der Waals surface area contributed by atoms with Crippen molar-refractivity contribution >= 4 is 11.9 Å². The first-order valence-corrected chi connectivity index (χ1v) is 14.5. The van der Waals surface area contributed by atoms with Gasteiger partial charge in [0.05, 0.1) is 5.69 Å². The van der Waals surface area contributed by atoms with Crippen LogP contribution in [0.5, 0.6) is 0 Å². The van der Waals surface area contributed by atoms with Crippen LogP contribution in [0.2, 0.25) is 0 Å². The minimum Gasteiger partial charge on any atom is -0.444 e. The summed E-state index contributed by atoms with van der Waals surface area (Å²) in [5, 5.41) is 0. The van der Waals surface area contributed by atoms with Gasteiger partial charge < -0.3 is 14.5 Å². The number of amides is 1. The lowest BCUT2D eigenvalue weighted by Gasteiger charge is -2.45. The van der Waals surface area contributed by atoms with Gasteiger partial charge >= 0.3 is 6.09 Å². The minimum atomic E-state index is -0.522. The summed E-state index contributed by atoms with van der Waals surface area (Å²) in [7, 11) is 0. The molecule has 0 bridgehead atoms. The monoisotopic (exact) mass is 541 g/mol. The molecular formula is C33H43N5O2. The second kappa shape index (κ2) is 11.2. The predicted octanol–water partition coefficient (Wildman–Crippen LogP) is 6.15. The van der Waals surface area contributed by atoms with E-state index < -0.39 is 5.60 Å². The molecule has 0 radical (unpaired) electrons. The maximum Gasteiger partial charge on any atom is 0.410 e. The highest BCUT2D eigenvalue weighted by Gasteiger charge is 2.37. The maximum absolute atomic E-state index is 13.0. The van der Waals surface area contributed by atoms with Gasteiger partial charge in [-0.25, -0.2) is 14.8 Å². The lowest BCUT2D eigenvalue weighted by molar-refractivity contribution is 0.0129. The second-order valence-corrected chi connectivity index (χ2v) is 12.5. The molecule has 1 saturated heterocycles. The zero-order chi connectivity index (χ0) is 28.6. The fourth-order valence-corrected chi connectivity index (χ4v) is 5.94. The van der Waals surface area contributed by atoms with E-state index >= 15 is 0 Å². The first kappa shape index (κ1) is 28.1. The Balaban J connectivity index is 1.51. The molecule has 0 spiro atoms. The van der Waals surface area contributed by atoms with E-state index in [0.29, 0.717) is 13.1 Å². The van der Waals surface area contributed by atoms with E-state index in [9.17, 15) is 4.79 Å². The van der Waals surface area contributed by atoms with E-state index in [2.05, 4.69) is 86.0 Å². The third-order valence-corrected chi connectivity index (χ3v) is 7.96. The fraction of sp³-hybridized carbons (Fsp3) is 0.485. The Bertz CT molecular complexity index is 1350. The number of carbonyl (C=O) groups excluding carboxylic acids is 1. The highest BCUT2D eigenvalue weighted by Crippen LogP contribution is 2.35. The van der Waals surface area contributed by atoms with Crippen molar-refractivity contribution in [1.82, 2.24) is 19.8 Å². The molecule has 1 fully saturated rings. The number of benzene rings is 2. The van der Waals surface area contributed by atoms with Crippen LogP contribution < -0.4 is 4.90 Å². The third-order valence-electron chi connectivity index (χ3n) is 7.96. The first-order chi connectivity index (χ1) is 19.0. The van der Waals surface area contributed by atoms with Gasteiger partial charge in [-0.05, 0) is 65.2 Å². The van der Waals surface area contributed by atoms with Crippen LogP contribution in [-0.4, -0.2) is 63.2 Å². The summed E-state index contributed by atoms with van der Waals surface area (Å²) < 4.78 is 5.74. The number of aryl methyl sites for hydroxylation is 2. The van der Waals surface area contributed by atoms with Gasteiger partial charge in [0.2, 0.25) is 0 Å². The highest BCUT2D eigenvalue weighted by molar-refractivity contribution is 5.70. The van der Waals surface area contributed by atoms with Crippen LogP contribution in [0.15, 0.2) is 48.5 Å². The summed E-state index contributed by atoms with van der Waals surface area (Å²) >= 11 is 0. The lowest BCUT2D eigenvalue weighted by Crippen LogP contribution is -2.59. The Labute approximate surface area is 239 Å². The summed E-state index contributed by atoms with van der Waals surface area (Å²) in [6, 6.07) is 17.1. The van der Waals surface area contributed by atoms with Crippen molar-refractivity contribution in [2.75, 3.05) is 24.5 Å². The van der Waals surface area contributed by atoms with Gasteiger partial charge in [-0.1, -0.05) is 48.5 Å². The number of carbonyl (C=O) groups is 1. The van der Waals surface area contributed by atoms with E-state index in [1.165, 1.54) is 22.3 Å². The van der Waals surface area contributed by atoms with Gasteiger partial charge in [0.15, 0.2) is 5.82 Å². The van der Waals surface area contributed by atoms with Gasteiger partial charge in [-0.3, -0.25) is 4.90 Å². The van der Waals surface area contributed by atoms with Crippen molar-refractivity contribution in [3.63, 3.8) is 0 Å². The number of ether oxygens (including phenoxy) is 1. The molecule has 40 heavy (non-hydrogen) atoms. The molecule has 0 saturated carbocycles. The Morgan fingerprint density at radius 1 is 0.950 bits per heavy atom. The van der Waals surface area contributed by atoms with Gasteiger partial charge in [0.1, 0.15) is 11.4 Å². The Morgan fingerprint density at radius 3 is 2.33 bits per heavy atom. The molecule has 2 atom stereocenters. The van der Waals surface area contributed by atoms with Crippen LogP contribution in [0, 0.1) is 13.8 Å². The molecule has 7 heteroatoms. The molecule has 5 rings (SSSR count). The number of hydrogen-bond acceptors (Lipinski definition) is 6. The van der Waals surface area contributed by atoms with Crippen LogP contribution in [0.4, 0.5) is 10.6 Å². The van der Waals surface area contributed by atoms with Gasteiger partial charge in [-0.15, -0.1) is 0 Å². The summed E-state index contributed by atoms with van der Waals surface area (Å²) in [4.78, 5) is 30.3. The average molecular weight is 542 g/mol. The molecule has 0 aliphatic carbocycles. The molecule has 0 N–H and O–H groups in total. The summed E-state index contributed by atoms with van der Waals surface area (Å²) in [5.41, 5.74) is 6.63. The van der Waals surface area contributed by atoms with Crippen molar-refractivity contribution in [3.8, 4) is 11.4 Å². The third kappa shape index (κ3) is 5.99. The van der Waals surface area contributed by atoms with E-state index in [1.54, 1.807) is 0 Å². The summed E-state index contributed by atoms with van der Waals surface area (Å²) in [5.74, 6) is 1.80. The average Bonchev–Trinajstić information content (AvgIpc) is 2.89. The zero-order valence-electron chi connectivity index (χ0n) is 25.1. The molecule has 2 aliphatic heterocycles. The number of anilines is 1. The highest BCUT2D eigenvalue weighted by atomic mass is 16.6. The lowest BCUT2D eigenvalue weighted by atomic mass is 9.99. The van der Waals surface area contributed by atoms with Crippen molar-refractivity contribution in [2.45, 2.75) is 85.7 Å². The second-order valence-electron chi connectivity index (χ2n) is 12.5. The Hall–Kier alpha value is -3.45. The molecule has 3 aromatic rings. The van der Waals surface area contributed by atoms with E-state index in [-0.39, 0.29) is 18.2 Å². The van der Waals surface area contributed by atoms with Crippen LogP contribution in [0.3, 0.4) is 0 Å². The standard InChI is InChI=1S/C33H43N5O2/c1-22-12-11-13-23(2)29(22)30-34-28-16-17-36(20-26-14-9-8-10-15-26)21-27(28)31(35-30)37-18-25(4)38(19-24(37)3)32(39)40-33(5,6)7/h8-15,24-25H,16-21H2,1-7H3/t24-,25+/m1/s1. The van der Waals surface area contributed by atoms with Gasteiger partial charge in [0.25, 0.3) is 0 Å². The molecule has 1 amide bonds. The van der Waals surface area contributed by atoms with Crippen molar-refractivity contribution in [3.05, 3.63) is 76.5 Å². The quantitative estimate of drug-likeness (QED) is 0.395. The molecule has 3 heterocycles. The van der Waals surface area contributed by atoms with Crippen molar-refractivity contribution < 1.29 is 9.53 Å². The molecule has 7 nitrogen and oxygen atoms in total. The van der Waals surface area contributed by atoms with Crippen LogP contribution >= 0.6 is 0 Å². The molecule has 0 unspecified atom stereocenters. The summed E-state index contributed by atoms with van der Waals surface area (Å²) in [6.45, 7) is 18.2. The molecular weight excluding hydrogens is 498 g/mol. The number of piperazine rings is 1. The Kier molecular flexibility index (Phi) is 7.87. The topological polar surface area (TPSA) is 61.8 Å².